The number of aryl methyl sites for hydroxylation is 1. The van der Waals surface area contributed by atoms with Crippen molar-refractivity contribution >= 4 is 5.69 Å². The van der Waals surface area contributed by atoms with E-state index in [0.717, 1.165) is 0 Å². The third kappa shape index (κ3) is 2.27. The van der Waals surface area contributed by atoms with Crippen LogP contribution in [0.25, 0.3) is 11.3 Å². The van der Waals surface area contributed by atoms with Crippen LogP contribution in [0.5, 0.6) is 5.75 Å². The van der Waals surface area contributed by atoms with E-state index in [2.05, 4.69) is 9.97 Å². The summed E-state index contributed by atoms with van der Waals surface area (Å²) in [6.45, 7) is 1.76. The van der Waals surface area contributed by atoms with Gasteiger partial charge in [0.15, 0.2) is 0 Å². The molecule has 18 heavy (non-hydrogen) atoms. The lowest BCUT2D eigenvalue weighted by Gasteiger charge is -2.07. The molecule has 1 aromatic carbocycles. The minimum Gasteiger partial charge on any atom is -0.496 e. The molecule has 92 valence electrons. The Morgan fingerprint density at radius 2 is 2.11 bits per heavy atom. The normalized spacial score (nSPS) is 10.1. The molecule has 0 amide bonds. The number of nitro benzene ring substituents is 1. The molecule has 1 aromatic heterocycles. The van der Waals surface area contributed by atoms with E-state index < -0.39 is 4.92 Å². The average Bonchev–Trinajstić information content (AvgIpc) is 2.38. The van der Waals surface area contributed by atoms with E-state index in [4.69, 9.17) is 4.74 Å². The Labute approximate surface area is 103 Å². The van der Waals surface area contributed by atoms with Gasteiger partial charge in [-0.25, -0.2) is 9.97 Å². The van der Waals surface area contributed by atoms with Crippen molar-refractivity contribution < 1.29 is 9.66 Å². The first-order valence-corrected chi connectivity index (χ1v) is 5.24. The van der Waals surface area contributed by atoms with Gasteiger partial charge in [0.1, 0.15) is 11.6 Å². The van der Waals surface area contributed by atoms with E-state index in [0.29, 0.717) is 22.8 Å². The summed E-state index contributed by atoms with van der Waals surface area (Å²) in [5.74, 6) is 1.14. The van der Waals surface area contributed by atoms with Crippen LogP contribution in [-0.2, 0) is 0 Å². The van der Waals surface area contributed by atoms with Gasteiger partial charge in [-0.1, -0.05) is 0 Å². The number of aromatic nitrogens is 2. The lowest BCUT2D eigenvalue weighted by molar-refractivity contribution is -0.384. The molecule has 2 rings (SSSR count). The van der Waals surface area contributed by atoms with Crippen molar-refractivity contribution in [2.45, 2.75) is 6.92 Å². The first-order valence-electron chi connectivity index (χ1n) is 5.24. The molecule has 0 N–H and O–H groups in total. The van der Waals surface area contributed by atoms with Gasteiger partial charge in [-0.3, -0.25) is 10.1 Å². The minimum atomic E-state index is -0.447. The van der Waals surface area contributed by atoms with Crippen LogP contribution in [0.15, 0.2) is 30.5 Å². The van der Waals surface area contributed by atoms with Crippen molar-refractivity contribution in [2.75, 3.05) is 7.11 Å². The zero-order chi connectivity index (χ0) is 13.1. The third-order valence-electron chi connectivity index (χ3n) is 2.45. The van der Waals surface area contributed by atoms with Crippen LogP contribution in [0.1, 0.15) is 5.82 Å². The fraction of sp³-hybridized carbons (Fsp3) is 0.167. The first-order chi connectivity index (χ1) is 8.61. The van der Waals surface area contributed by atoms with Gasteiger partial charge in [-0.15, -0.1) is 0 Å². The molecule has 6 nitrogen and oxygen atoms in total. The zero-order valence-corrected chi connectivity index (χ0v) is 9.95. The lowest BCUT2D eigenvalue weighted by atomic mass is 10.1. The summed E-state index contributed by atoms with van der Waals surface area (Å²) in [4.78, 5) is 18.6. The van der Waals surface area contributed by atoms with Crippen LogP contribution in [0.4, 0.5) is 5.69 Å². The molecule has 0 spiro atoms. The summed E-state index contributed by atoms with van der Waals surface area (Å²) in [6.07, 6.45) is 1.61. The second-order valence-corrected chi connectivity index (χ2v) is 3.63. The fourth-order valence-electron chi connectivity index (χ4n) is 1.62. The van der Waals surface area contributed by atoms with Crippen molar-refractivity contribution in [1.29, 1.82) is 0 Å². The SMILES string of the molecule is COc1ccc([N+](=O)[O-])cc1-c1ccnc(C)n1. The molecule has 0 bridgehead atoms. The van der Waals surface area contributed by atoms with Gasteiger partial charge >= 0.3 is 0 Å². The third-order valence-corrected chi connectivity index (χ3v) is 2.45. The van der Waals surface area contributed by atoms with Crippen molar-refractivity contribution in [1.82, 2.24) is 9.97 Å². The number of hydrogen-bond acceptors (Lipinski definition) is 5. The van der Waals surface area contributed by atoms with Crippen LogP contribution in [0.3, 0.4) is 0 Å². The van der Waals surface area contributed by atoms with Gasteiger partial charge in [-0.2, -0.15) is 0 Å². The highest BCUT2D eigenvalue weighted by Crippen LogP contribution is 2.31. The molecular formula is C12H11N3O3. The standard InChI is InChI=1S/C12H11N3O3/c1-8-13-6-5-11(14-8)10-7-9(15(16)17)3-4-12(10)18-2/h3-7H,1-2H3. The maximum absolute atomic E-state index is 10.8. The predicted octanol–water partition coefficient (Wildman–Crippen LogP) is 2.37. The summed E-state index contributed by atoms with van der Waals surface area (Å²) >= 11 is 0. The first kappa shape index (κ1) is 12.0. The number of benzene rings is 1. The van der Waals surface area contributed by atoms with Gasteiger partial charge < -0.3 is 4.74 Å². The summed E-state index contributed by atoms with van der Waals surface area (Å²) in [5, 5.41) is 10.8. The summed E-state index contributed by atoms with van der Waals surface area (Å²) in [6, 6.07) is 6.09. The maximum atomic E-state index is 10.8. The molecule has 0 saturated carbocycles. The van der Waals surface area contributed by atoms with Gasteiger partial charge in [0.05, 0.1) is 17.7 Å². The van der Waals surface area contributed by atoms with E-state index in [9.17, 15) is 10.1 Å². The van der Waals surface area contributed by atoms with Crippen molar-refractivity contribution in [3.63, 3.8) is 0 Å². The number of hydrogen-bond donors (Lipinski definition) is 0. The van der Waals surface area contributed by atoms with Crippen LogP contribution in [-0.4, -0.2) is 22.0 Å². The van der Waals surface area contributed by atoms with Crippen molar-refractivity contribution in [3.8, 4) is 17.0 Å². The molecule has 0 fully saturated rings. The van der Waals surface area contributed by atoms with Crippen molar-refractivity contribution in [3.05, 3.63) is 46.4 Å². The summed E-state index contributed by atoms with van der Waals surface area (Å²) in [7, 11) is 1.51. The number of rotatable bonds is 3. The Hall–Kier alpha value is -2.50. The van der Waals surface area contributed by atoms with E-state index in [1.807, 2.05) is 0 Å². The molecule has 1 heterocycles. The number of non-ortho nitro benzene ring substituents is 1. The van der Waals surface area contributed by atoms with Gasteiger partial charge in [0.25, 0.3) is 5.69 Å². The van der Waals surface area contributed by atoms with Gasteiger partial charge in [-0.05, 0) is 19.1 Å². The monoisotopic (exact) mass is 245 g/mol. The Bertz CT molecular complexity index is 599. The Kier molecular flexibility index (Phi) is 3.18. The number of nitrogens with zero attached hydrogens (tertiary/aromatic N) is 3. The Morgan fingerprint density at radius 3 is 2.72 bits per heavy atom. The number of methoxy groups -OCH3 is 1. The Balaban J connectivity index is 2.60. The molecule has 0 aliphatic rings. The second-order valence-electron chi connectivity index (χ2n) is 3.63. The summed E-state index contributed by atoms with van der Waals surface area (Å²) < 4.78 is 5.19. The van der Waals surface area contributed by atoms with Crippen LogP contribution in [0, 0.1) is 17.0 Å². The van der Waals surface area contributed by atoms with Crippen molar-refractivity contribution in [2.24, 2.45) is 0 Å². The Morgan fingerprint density at radius 1 is 1.33 bits per heavy atom. The van der Waals surface area contributed by atoms with E-state index in [1.54, 1.807) is 25.3 Å². The van der Waals surface area contributed by atoms with E-state index >= 15 is 0 Å². The number of nitro groups is 1. The highest BCUT2D eigenvalue weighted by molar-refractivity contribution is 5.69. The zero-order valence-electron chi connectivity index (χ0n) is 9.95. The van der Waals surface area contributed by atoms with Crippen LogP contribution < -0.4 is 4.74 Å². The van der Waals surface area contributed by atoms with Gasteiger partial charge in [0.2, 0.25) is 0 Å². The average molecular weight is 245 g/mol. The molecule has 6 heteroatoms. The fourth-order valence-corrected chi connectivity index (χ4v) is 1.62. The summed E-state index contributed by atoms with van der Waals surface area (Å²) in [5.41, 5.74) is 1.18. The van der Waals surface area contributed by atoms with Crippen LogP contribution in [0.2, 0.25) is 0 Å². The smallest absolute Gasteiger partial charge is 0.270 e. The number of ether oxygens (including phenoxy) is 1. The highest BCUT2D eigenvalue weighted by atomic mass is 16.6. The molecule has 0 aliphatic carbocycles. The minimum absolute atomic E-state index is 0.00191. The predicted molar refractivity (Wildman–Crippen MR) is 65.4 cm³/mol. The largest absolute Gasteiger partial charge is 0.496 e. The molecule has 0 aliphatic heterocycles. The quantitative estimate of drug-likeness (QED) is 0.612. The molecular weight excluding hydrogens is 234 g/mol. The van der Waals surface area contributed by atoms with Crippen LogP contribution >= 0.6 is 0 Å². The topological polar surface area (TPSA) is 78.2 Å². The molecule has 2 aromatic rings. The van der Waals surface area contributed by atoms with Gasteiger partial charge in [0, 0.05) is 23.9 Å². The second kappa shape index (κ2) is 4.79. The molecule has 0 atom stereocenters. The molecule has 0 saturated heterocycles. The van der Waals surface area contributed by atoms with E-state index in [1.165, 1.54) is 19.2 Å². The lowest BCUT2D eigenvalue weighted by Crippen LogP contribution is -1.95. The maximum Gasteiger partial charge on any atom is 0.270 e. The molecule has 0 radical (unpaired) electrons. The van der Waals surface area contributed by atoms with E-state index in [-0.39, 0.29) is 5.69 Å². The molecule has 0 unspecified atom stereocenters. The highest BCUT2D eigenvalue weighted by Gasteiger charge is 2.13.